The maximum Gasteiger partial charge on any atom is 0.268 e. The van der Waals surface area contributed by atoms with Crippen molar-refractivity contribution in [3.63, 3.8) is 0 Å². The Bertz CT molecular complexity index is 516. The molecule has 0 saturated carbocycles. The number of hydrogen-bond donors (Lipinski definition) is 0. The standard InChI is InChI=1S/C9H3N3O2S2/c1-12-7(13)5-6(8(12)14)16-9(15-5)4(2-10)3-11/h1H3. The van der Waals surface area contributed by atoms with E-state index < -0.39 is 0 Å². The molecule has 0 aromatic heterocycles. The van der Waals surface area contributed by atoms with E-state index in [2.05, 4.69) is 0 Å². The van der Waals surface area contributed by atoms with Crippen LogP contribution in [0, 0.1) is 22.7 Å². The molecule has 0 radical (unpaired) electrons. The fraction of sp³-hybridized carbons (Fsp3) is 0.111. The Balaban J connectivity index is 2.40. The monoisotopic (exact) mass is 249 g/mol. The van der Waals surface area contributed by atoms with Crippen LogP contribution in [-0.2, 0) is 9.59 Å². The second-order valence-electron chi connectivity index (χ2n) is 2.92. The largest absolute Gasteiger partial charge is 0.277 e. The van der Waals surface area contributed by atoms with Gasteiger partial charge in [-0.2, -0.15) is 10.5 Å². The van der Waals surface area contributed by atoms with Gasteiger partial charge in [0.05, 0.1) is 14.0 Å². The number of imide groups is 1. The maximum atomic E-state index is 11.6. The van der Waals surface area contributed by atoms with Crippen LogP contribution in [0.25, 0.3) is 0 Å². The fourth-order valence-corrected chi connectivity index (χ4v) is 3.68. The predicted octanol–water partition coefficient (Wildman–Crippen LogP) is 0.935. The number of carbonyl (C=O) groups excluding carboxylic acids is 2. The molecule has 2 rings (SSSR count). The molecular formula is C9H3N3O2S2. The molecule has 0 aliphatic carbocycles. The van der Waals surface area contributed by atoms with Crippen LogP contribution in [0.5, 0.6) is 0 Å². The van der Waals surface area contributed by atoms with Crippen LogP contribution in [0.15, 0.2) is 19.6 Å². The van der Waals surface area contributed by atoms with E-state index in [-0.39, 0.29) is 17.4 Å². The minimum atomic E-state index is -0.372. The van der Waals surface area contributed by atoms with Gasteiger partial charge in [-0.3, -0.25) is 14.5 Å². The summed E-state index contributed by atoms with van der Waals surface area (Å²) in [5, 5.41) is 17.4. The van der Waals surface area contributed by atoms with Gasteiger partial charge in [0.1, 0.15) is 17.7 Å². The molecule has 2 aliphatic rings. The van der Waals surface area contributed by atoms with E-state index in [4.69, 9.17) is 10.5 Å². The van der Waals surface area contributed by atoms with E-state index in [1.807, 2.05) is 0 Å². The van der Waals surface area contributed by atoms with Crippen LogP contribution in [0.1, 0.15) is 0 Å². The quantitative estimate of drug-likeness (QED) is 0.469. The van der Waals surface area contributed by atoms with E-state index in [0.717, 1.165) is 28.4 Å². The molecular weight excluding hydrogens is 246 g/mol. The van der Waals surface area contributed by atoms with Crippen molar-refractivity contribution in [2.24, 2.45) is 0 Å². The third kappa shape index (κ3) is 1.33. The van der Waals surface area contributed by atoms with E-state index in [0.29, 0.717) is 14.0 Å². The van der Waals surface area contributed by atoms with Crippen molar-refractivity contribution in [3.8, 4) is 12.1 Å². The summed E-state index contributed by atoms with van der Waals surface area (Å²) in [6.45, 7) is 0. The van der Waals surface area contributed by atoms with Crippen LogP contribution >= 0.6 is 23.5 Å². The van der Waals surface area contributed by atoms with E-state index in [1.165, 1.54) is 7.05 Å². The van der Waals surface area contributed by atoms with Gasteiger partial charge < -0.3 is 0 Å². The molecule has 0 N–H and O–H groups in total. The summed E-state index contributed by atoms with van der Waals surface area (Å²) >= 11 is 2.04. The molecule has 0 atom stereocenters. The highest BCUT2D eigenvalue weighted by molar-refractivity contribution is 8.29. The van der Waals surface area contributed by atoms with Crippen LogP contribution in [0.4, 0.5) is 0 Å². The number of amides is 2. The third-order valence-electron chi connectivity index (χ3n) is 2.02. The Morgan fingerprint density at radius 3 is 1.94 bits per heavy atom. The fourth-order valence-electron chi connectivity index (χ4n) is 1.20. The highest BCUT2D eigenvalue weighted by Crippen LogP contribution is 2.53. The van der Waals surface area contributed by atoms with Crippen molar-refractivity contribution in [3.05, 3.63) is 19.6 Å². The van der Waals surface area contributed by atoms with E-state index in [1.54, 1.807) is 12.1 Å². The molecule has 0 spiro atoms. The Hall–Kier alpha value is -1.70. The van der Waals surface area contributed by atoms with Crippen molar-refractivity contribution in [1.29, 1.82) is 10.5 Å². The van der Waals surface area contributed by atoms with E-state index in [9.17, 15) is 9.59 Å². The zero-order chi connectivity index (χ0) is 11.9. The summed E-state index contributed by atoms with van der Waals surface area (Å²) in [7, 11) is 1.41. The lowest BCUT2D eigenvalue weighted by atomic mass is 10.4. The highest BCUT2D eigenvalue weighted by atomic mass is 32.2. The molecule has 0 fully saturated rings. The molecule has 16 heavy (non-hydrogen) atoms. The number of allylic oxidation sites excluding steroid dienone is 1. The molecule has 7 heteroatoms. The number of carbonyl (C=O) groups is 2. The Labute approximate surface area is 99.4 Å². The lowest BCUT2D eigenvalue weighted by Crippen LogP contribution is -2.26. The second kappa shape index (κ2) is 3.71. The summed E-state index contributed by atoms with van der Waals surface area (Å²) in [5.41, 5.74) is -0.0624. The minimum Gasteiger partial charge on any atom is -0.277 e. The number of rotatable bonds is 0. The maximum absolute atomic E-state index is 11.6. The van der Waals surface area contributed by atoms with E-state index >= 15 is 0 Å². The summed E-state index contributed by atoms with van der Waals surface area (Å²) in [4.78, 5) is 24.8. The zero-order valence-electron chi connectivity index (χ0n) is 7.97. The van der Waals surface area contributed by atoms with Gasteiger partial charge in [-0.1, -0.05) is 23.5 Å². The van der Waals surface area contributed by atoms with Gasteiger partial charge in [0.2, 0.25) is 0 Å². The first-order valence-corrected chi connectivity index (χ1v) is 5.70. The minimum absolute atomic E-state index is 0.0624. The van der Waals surface area contributed by atoms with Crippen molar-refractivity contribution in [2.45, 2.75) is 0 Å². The first-order chi connectivity index (χ1) is 7.60. The Kier molecular flexibility index (Phi) is 2.50. The smallest absolute Gasteiger partial charge is 0.268 e. The molecule has 0 unspecified atom stereocenters. The van der Waals surface area contributed by atoms with Crippen molar-refractivity contribution >= 4 is 35.3 Å². The molecule has 5 nitrogen and oxygen atoms in total. The third-order valence-corrected chi connectivity index (χ3v) is 4.60. The van der Waals surface area contributed by atoms with Gasteiger partial charge >= 0.3 is 0 Å². The van der Waals surface area contributed by atoms with Crippen LogP contribution in [-0.4, -0.2) is 23.8 Å². The SMILES string of the molecule is CN1C(=O)C2=C(SC(=C(C#N)C#N)S2)C1=O. The van der Waals surface area contributed by atoms with Crippen LogP contribution in [0.2, 0.25) is 0 Å². The highest BCUT2D eigenvalue weighted by Gasteiger charge is 2.42. The van der Waals surface area contributed by atoms with Gasteiger partial charge in [0.25, 0.3) is 11.8 Å². The molecule has 78 valence electrons. The number of nitrogens with zero attached hydrogens (tertiary/aromatic N) is 3. The summed E-state index contributed by atoms with van der Waals surface area (Å²) in [5.74, 6) is -0.745. The van der Waals surface area contributed by atoms with Crippen molar-refractivity contribution in [2.75, 3.05) is 7.05 Å². The summed E-state index contributed by atoms with van der Waals surface area (Å²) in [6, 6.07) is 3.48. The molecule has 0 aromatic carbocycles. The van der Waals surface area contributed by atoms with Crippen LogP contribution < -0.4 is 0 Å². The summed E-state index contributed by atoms with van der Waals surface area (Å²) in [6.07, 6.45) is 0. The first kappa shape index (κ1) is 10.8. The molecule has 2 aliphatic heterocycles. The van der Waals surface area contributed by atoms with Crippen LogP contribution in [0.3, 0.4) is 0 Å². The number of nitriles is 2. The number of likely N-dealkylation sites (N-methyl/N-ethyl adjacent to an activating group) is 1. The van der Waals surface area contributed by atoms with Gasteiger partial charge in [-0.05, 0) is 0 Å². The Morgan fingerprint density at radius 1 is 1.12 bits per heavy atom. The second-order valence-corrected chi connectivity index (χ2v) is 5.22. The lowest BCUT2D eigenvalue weighted by molar-refractivity contribution is -0.135. The lowest BCUT2D eigenvalue weighted by Gasteiger charge is -2.08. The molecule has 0 saturated heterocycles. The van der Waals surface area contributed by atoms with Gasteiger partial charge in [0, 0.05) is 7.05 Å². The number of thioether (sulfide) groups is 2. The van der Waals surface area contributed by atoms with Gasteiger partial charge in [-0.25, -0.2) is 0 Å². The number of hydrogen-bond acceptors (Lipinski definition) is 6. The Morgan fingerprint density at radius 2 is 1.56 bits per heavy atom. The average Bonchev–Trinajstić information content (AvgIpc) is 2.79. The summed E-state index contributed by atoms with van der Waals surface area (Å²) < 4.78 is 0.407. The first-order valence-electron chi connectivity index (χ1n) is 4.07. The predicted molar refractivity (Wildman–Crippen MR) is 58.2 cm³/mol. The van der Waals surface area contributed by atoms with Crippen molar-refractivity contribution < 1.29 is 9.59 Å². The zero-order valence-corrected chi connectivity index (χ0v) is 9.61. The molecule has 0 bridgehead atoms. The average molecular weight is 249 g/mol. The normalized spacial score (nSPS) is 18.7. The molecule has 2 amide bonds. The molecule has 2 heterocycles. The van der Waals surface area contributed by atoms with Gasteiger partial charge in [-0.15, -0.1) is 0 Å². The van der Waals surface area contributed by atoms with Gasteiger partial charge in [0.15, 0.2) is 0 Å². The molecule has 0 aromatic rings. The van der Waals surface area contributed by atoms with Crippen molar-refractivity contribution in [1.82, 2.24) is 4.90 Å². The topological polar surface area (TPSA) is 85.0 Å².